The zero-order valence-electron chi connectivity index (χ0n) is 12.2. The van der Waals surface area contributed by atoms with E-state index in [9.17, 15) is 9.59 Å². The number of carbonyl (C=O) groups is 2. The van der Waals surface area contributed by atoms with E-state index in [1.54, 1.807) is 24.3 Å². The molecule has 0 saturated carbocycles. The lowest BCUT2D eigenvalue weighted by Gasteiger charge is -2.34. The van der Waals surface area contributed by atoms with Crippen LogP contribution < -0.4 is 15.8 Å². The Morgan fingerprint density at radius 2 is 2.10 bits per heavy atom. The maximum absolute atomic E-state index is 12.1. The maximum atomic E-state index is 12.1. The number of benzene rings is 1. The Kier molecular flexibility index (Phi) is 5.16. The third kappa shape index (κ3) is 4.19. The smallest absolute Gasteiger partial charge is 0.248 e. The minimum Gasteiger partial charge on any atom is -0.493 e. The van der Waals surface area contributed by atoms with E-state index in [2.05, 4.69) is 5.32 Å². The molecule has 0 bridgehead atoms. The molecule has 114 valence electrons. The van der Waals surface area contributed by atoms with Gasteiger partial charge in [0.05, 0.1) is 13.0 Å². The molecule has 1 aromatic carbocycles. The van der Waals surface area contributed by atoms with Gasteiger partial charge in [0.15, 0.2) is 0 Å². The highest BCUT2D eigenvalue weighted by atomic mass is 16.5. The zero-order valence-corrected chi connectivity index (χ0v) is 12.2. The van der Waals surface area contributed by atoms with E-state index >= 15 is 0 Å². The summed E-state index contributed by atoms with van der Waals surface area (Å²) in [6.45, 7) is 4.78. The Bertz CT molecular complexity index is 501. The molecule has 6 heteroatoms. The van der Waals surface area contributed by atoms with Crippen molar-refractivity contribution in [1.82, 2.24) is 10.2 Å². The van der Waals surface area contributed by atoms with Crippen molar-refractivity contribution in [3.8, 4) is 5.75 Å². The molecule has 21 heavy (non-hydrogen) atoms. The van der Waals surface area contributed by atoms with E-state index in [-0.39, 0.29) is 11.9 Å². The Morgan fingerprint density at radius 3 is 2.71 bits per heavy atom. The Labute approximate surface area is 124 Å². The highest BCUT2D eigenvalue weighted by Gasteiger charge is 2.22. The van der Waals surface area contributed by atoms with E-state index in [1.807, 2.05) is 11.8 Å². The van der Waals surface area contributed by atoms with E-state index in [1.165, 1.54) is 0 Å². The summed E-state index contributed by atoms with van der Waals surface area (Å²) < 4.78 is 5.52. The molecule has 0 unspecified atom stereocenters. The molecule has 1 aromatic rings. The third-order valence-electron chi connectivity index (χ3n) is 3.55. The van der Waals surface area contributed by atoms with Gasteiger partial charge in [0.25, 0.3) is 0 Å². The molecule has 3 N–H and O–H groups in total. The van der Waals surface area contributed by atoms with Crippen molar-refractivity contribution in [3.05, 3.63) is 29.8 Å². The van der Waals surface area contributed by atoms with Gasteiger partial charge in [-0.15, -0.1) is 0 Å². The Morgan fingerprint density at radius 1 is 1.38 bits per heavy atom. The van der Waals surface area contributed by atoms with Gasteiger partial charge in [0.2, 0.25) is 11.8 Å². The Hall–Kier alpha value is -2.08. The predicted molar refractivity (Wildman–Crippen MR) is 79.1 cm³/mol. The molecule has 1 aliphatic heterocycles. The van der Waals surface area contributed by atoms with E-state index in [0.717, 1.165) is 19.6 Å². The number of nitrogens with zero attached hydrogens (tertiary/aromatic N) is 1. The highest BCUT2D eigenvalue weighted by Crippen LogP contribution is 2.12. The van der Waals surface area contributed by atoms with Crippen molar-refractivity contribution in [3.63, 3.8) is 0 Å². The molecule has 6 nitrogen and oxygen atoms in total. The number of piperazine rings is 1. The lowest BCUT2D eigenvalue weighted by atomic mass is 10.2. The van der Waals surface area contributed by atoms with Crippen LogP contribution >= 0.6 is 0 Å². The summed E-state index contributed by atoms with van der Waals surface area (Å²) in [5, 5.41) is 3.25. The van der Waals surface area contributed by atoms with Gasteiger partial charge in [0, 0.05) is 31.2 Å². The monoisotopic (exact) mass is 291 g/mol. The number of carbonyl (C=O) groups excluding carboxylic acids is 2. The van der Waals surface area contributed by atoms with Gasteiger partial charge in [-0.1, -0.05) is 0 Å². The molecular formula is C15H21N3O3. The van der Waals surface area contributed by atoms with Crippen LogP contribution in [0.1, 0.15) is 23.7 Å². The van der Waals surface area contributed by atoms with Gasteiger partial charge in [-0.05, 0) is 31.2 Å². The van der Waals surface area contributed by atoms with Gasteiger partial charge in [-0.2, -0.15) is 0 Å². The molecule has 1 aliphatic rings. The van der Waals surface area contributed by atoms with Crippen LogP contribution in [0.5, 0.6) is 5.75 Å². The third-order valence-corrected chi connectivity index (χ3v) is 3.55. The van der Waals surface area contributed by atoms with Gasteiger partial charge in [-0.25, -0.2) is 0 Å². The van der Waals surface area contributed by atoms with Gasteiger partial charge in [-0.3, -0.25) is 9.59 Å². The van der Waals surface area contributed by atoms with E-state index in [0.29, 0.717) is 24.3 Å². The SMILES string of the molecule is C[C@H]1CNCCN1C(=O)CCOc1ccc(C(N)=O)cc1. The van der Waals surface area contributed by atoms with Gasteiger partial charge in [0.1, 0.15) is 5.75 Å². The summed E-state index contributed by atoms with van der Waals surface area (Å²) in [6.07, 6.45) is 0.349. The van der Waals surface area contributed by atoms with Crippen LogP contribution in [-0.4, -0.2) is 49.0 Å². The van der Waals surface area contributed by atoms with Gasteiger partial charge >= 0.3 is 0 Å². The number of amides is 2. The largest absolute Gasteiger partial charge is 0.493 e. The molecule has 0 radical (unpaired) electrons. The highest BCUT2D eigenvalue weighted by molar-refractivity contribution is 5.92. The Balaban J connectivity index is 1.78. The van der Waals surface area contributed by atoms with Crippen molar-refractivity contribution in [1.29, 1.82) is 0 Å². The second-order valence-electron chi connectivity index (χ2n) is 5.13. The summed E-state index contributed by atoms with van der Waals surface area (Å²) in [5.74, 6) is 0.267. The van der Waals surface area contributed by atoms with Gasteiger partial charge < -0.3 is 20.7 Å². The molecule has 2 amide bonds. The number of ether oxygens (including phenoxy) is 1. The molecular weight excluding hydrogens is 270 g/mol. The van der Waals surface area contributed by atoms with Crippen molar-refractivity contribution >= 4 is 11.8 Å². The number of hydrogen-bond acceptors (Lipinski definition) is 4. The molecule has 1 heterocycles. The average molecular weight is 291 g/mol. The van der Waals surface area contributed by atoms with E-state index < -0.39 is 5.91 Å². The molecule has 0 aliphatic carbocycles. The molecule has 0 spiro atoms. The topological polar surface area (TPSA) is 84.7 Å². The summed E-state index contributed by atoms with van der Waals surface area (Å²) in [7, 11) is 0. The van der Waals surface area contributed by atoms with Crippen molar-refractivity contribution in [2.24, 2.45) is 5.73 Å². The predicted octanol–water partition coefficient (Wildman–Crippen LogP) is 0.375. The number of primary amides is 1. The van der Waals surface area contributed by atoms with Crippen LogP contribution in [0.25, 0.3) is 0 Å². The maximum Gasteiger partial charge on any atom is 0.248 e. The molecule has 1 atom stereocenters. The van der Waals surface area contributed by atoms with E-state index in [4.69, 9.17) is 10.5 Å². The quantitative estimate of drug-likeness (QED) is 0.821. The van der Waals surface area contributed by atoms with Crippen LogP contribution in [0.2, 0.25) is 0 Å². The number of nitrogens with two attached hydrogens (primary N) is 1. The zero-order chi connectivity index (χ0) is 15.2. The van der Waals surface area contributed by atoms with Crippen LogP contribution in [0.15, 0.2) is 24.3 Å². The molecule has 1 saturated heterocycles. The summed E-state index contributed by atoms with van der Waals surface area (Å²) in [5.41, 5.74) is 5.60. The number of rotatable bonds is 5. The molecule has 0 aromatic heterocycles. The minimum atomic E-state index is -0.468. The van der Waals surface area contributed by atoms with Crippen LogP contribution in [0, 0.1) is 0 Å². The normalized spacial score (nSPS) is 18.3. The molecule has 1 fully saturated rings. The number of hydrogen-bond donors (Lipinski definition) is 2. The minimum absolute atomic E-state index is 0.109. The second kappa shape index (κ2) is 7.08. The van der Waals surface area contributed by atoms with Crippen molar-refractivity contribution in [2.45, 2.75) is 19.4 Å². The average Bonchev–Trinajstić information content (AvgIpc) is 2.48. The fourth-order valence-corrected chi connectivity index (χ4v) is 2.33. The number of nitrogens with one attached hydrogen (secondary N) is 1. The second-order valence-corrected chi connectivity index (χ2v) is 5.13. The summed E-state index contributed by atoms with van der Waals surface area (Å²) in [4.78, 5) is 24.9. The molecule has 2 rings (SSSR count). The summed E-state index contributed by atoms with van der Waals surface area (Å²) in [6, 6.07) is 6.80. The fourth-order valence-electron chi connectivity index (χ4n) is 2.33. The first kappa shape index (κ1) is 15.3. The first-order chi connectivity index (χ1) is 10.1. The van der Waals surface area contributed by atoms with Crippen molar-refractivity contribution < 1.29 is 14.3 Å². The summed E-state index contributed by atoms with van der Waals surface area (Å²) >= 11 is 0. The first-order valence-corrected chi connectivity index (χ1v) is 7.11. The fraction of sp³-hybridized carbons (Fsp3) is 0.467. The van der Waals surface area contributed by atoms with Crippen molar-refractivity contribution in [2.75, 3.05) is 26.2 Å². The first-order valence-electron chi connectivity index (χ1n) is 7.11. The van der Waals surface area contributed by atoms with Crippen LogP contribution in [-0.2, 0) is 4.79 Å². The lowest BCUT2D eigenvalue weighted by Crippen LogP contribution is -2.52. The van der Waals surface area contributed by atoms with Crippen LogP contribution in [0.3, 0.4) is 0 Å². The lowest BCUT2D eigenvalue weighted by molar-refractivity contribution is -0.134. The van der Waals surface area contributed by atoms with Crippen LogP contribution in [0.4, 0.5) is 0 Å². The standard InChI is InChI=1S/C15H21N3O3/c1-11-10-17-7-8-18(11)14(19)6-9-21-13-4-2-12(3-5-13)15(16)20/h2-5,11,17H,6-10H2,1H3,(H2,16,20)/t11-/m0/s1.